The normalized spacial score (nSPS) is 11.6. The highest BCUT2D eigenvalue weighted by Gasteiger charge is 2.13. The van der Waals surface area contributed by atoms with Gasteiger partial charge in [0.25, 0.3) is 0 Å². The molecule has 2 rings (SSSR count). The lowest BCUT2D eigenvalue weighted by atomic mass is 9.86. The van der Waals surface area contributed by atoms with Crippen LogP contribution in [0.5, 0.6) is 0 Å². The maximum atomic E-state index is 12.1. The Labute approximate surface area is 165 Å². The summed E-state index contributed by atoms with van der Waals surface area (Å²) in [6.07, 6.45) is 3.34. The summed E-state index contributed by atoms with van der Waals surface area (Å²) in [6, 6.07) is 17.5. The van der Waals surface area contributed by atoms with Crippen molar-refractivity contribution < 1.29 is 4.79 Å². The van der Waals surface area contributed by atoms with Crippen LogP contribution in [0.25, 0.3) is 0 Å². The molecule has 0 saturated carbocycles. The van der Waals surface area contributed by atoms with E-state index in [9.17, 15) is 4.79 Å². The molecule has 2 nitrogen and oxygen atoms in total. The molecule has 0 unspecified atom stereocenters. The maximum Gasteiger partial charge on any atom is 0.220 e. The SMILES string of the molecule is CC(C)c1ccc(CCCNC(=O)CCc2ccc(C(C)(C)C)cc2)cc1. The molecule has 0 radical (unpaired) electrons. The number of hydrogen-bond donors (Lipinski definition) is 1. The van der Waals surface area contributed by atoms with Gasteiger partial charge in [-0.3, -0.25) is 4.79 Å². The quantitative estimate of drug-likeness (QED) is 0.589. The zero-order valence-electron chi connectivity index (χ0n) is 17.6. The van der Waals surface area contributed by atoms with Crippen LogP contribution in [0.15, 0.2) is 48.5 Å². The zero-order valence-corrected chi connectivity index (χ0v) is 17.6. The molecular formula is C25H35NO. The highest BCUT2D eigenvalue weighted by atomic mass is 16.1. The van der Waals surface area contributed by atoms with E-state index >= 15 is 0 Å². The molecule has 2 heteroatoms. The summed E-state index contributed by atoms with van der Waals surface area (Å²) < 4.78 is 0. The van der Waals surface area contributed by atoms with Crippen LogP contribution in [-0.2, 0) is 23.1 Å². The lowest BCUT2D eigenvalue weighted by Gasteiger charge is -2.19. The molecule has 2 aromatic carbocycles. The monoisotopic (exact) mass is 365 g/mol. The van der Waals surface area contributed by atoms with Crippen LogP contribution in [0, 0.1) is 0 Å². The van der Waals surface area contributed by atoms with Crippen LogP contribution in [0.2, 0.25) is 0 Å². The largest absolute Gasteiger partial charge is 0.356 e. The van der Waals surface area contributed by atoms with Gasteiger partial charge in [0.05, 0.1) is 0 Å². The van der Waals surface area contributed by atoms with Gasteiger partial charge in [0, 0.05) is 13.0 Å². The summed E-state index contributed by atoms with van der Waals surface area (Å²) in [5.74, 6) is 0.716. The Hall–Kier alpha value is -2.09. The van der Waals surface area contributed by atoms with Gasteiger partial charge in [-0.1, -0.05) is 83.1 Å². The van der Waals surface area contributed by atoms with Crippen molar-refractivity contribution in [3.63, 3.8) is 0 Å². The van der Waals surface area contributed by atoms with Crippen LogP contribution in [0.1, 0.15) is 75.6 Å². The molecule has 0 fully saturated rings. The molecule has 0 aliphatic heterocycles. The van der Waals surface area contributed by atoms with Gasteiger partial charge in [-0.15, -0.1) is 0 Å². The number of rotatable bonds is 8. The Morgan fingerprint density at radius 2 is 1.44 bits per heavy atom. The van der Waals surface area contributed by atoms with E-state index in [2.05, 4.69) is 88.5 Å². The number of nitrogens with one attached hydrogen (secondary N) is 1. The van der Waals surface area contributed by atoms with Gasteiger partial charge in [0.1, 0.15) is 0 Å². The Kier molecular flexibility index (Phi) is 7.65. The summed E-state index contributed by atoms with van der Waals surface area (Å²) in [5.41, 5.74) is 5.45. The van der Waals surface area contributed by atoms with Crippen LogP contribution < -0.4 is 5.32 Å². The molecule has 2 aromatic rings. The van der Waals surface area contributed by atoms with Crippen molar-refractivity contribution >= 4 is 5.91 Å². The van der Waals surface area contributed by atoms with E-state index in [1.807, 2.05) is 0 Å². The minimum atomic E-state index is 0.144. The smallest absolute Gasteiger partial charge is 0.220 e. The summed E-state index contributed by atoms with van der Waals surface area (Å²) in [5, 5.41) is 3.05. The number of aryl methyl sites for hydroxylation is 2. The highest BCUT2D eigenvalue weighted by molar-refractivity contribution is 5.76. The lowest BCUT2D eigenvalue weighted by Crippen LogP contribution is -2.25. The molecule has 1 amide bonds. The molecule has 27 heavy (non-hydrogen) atoms. The van der Waals surface area contributed by atoms with Gasteiger partial charge in [-0.25, -0.2) is 0 Å². The number of benzene rings is 2. The minimum absolute atomic E-state index is 0.144. The summed E-state index contributed by atoms with van der Waals surface area (Å²) in [6.45, 7) is 11.8. The molecule has 0 aromatic heterocycles. The standard InChI is InChI=1S/C25H35NO/c1-19(2)22-13-8-20(9-14-22)7-6-18-26-24(27)17-12-21-10-15-23(16-11-21)25(3,4)5/h8-11,13-16,19H,6-7,12,17-18H2,1-5H3,(H,26,27). The molecule has 0 heterocycles. The first-order chi connectivity index (χ1) is 12.8. The first kappa shape index (κ1) is 21.2. The summed E-state index contributed by atoms with van der Waals surface area (Å²) in [4.78, 5) is 12.1. The van der Waals surface area contributed by atoms with Crippen LogP contribution >= 0.6 is 0 Å². The third-order valence-electron chi connectivity index (χ3n) is 5.07. The molecule has 0 atom stereocenters. The van der Waals surface area contributed by atoms with Crippen LogP contribution in [0.4, 0.5) is 0 Å². The summed E-state index contributed by atoms with van der Waals surface area (Å²) >= 11 is 0. The minimum Gasteiger partial charge on any atom is -0.356 e. The number of hydrogen-bond acceptors (Lipinski definition) is 1. The van der Waals surface area contributed by atoms with Crippen molar-refractivity contribution in [2.45, 2.75) is 71.6 Å². The molecule has 0 bridgehead atoms. The first-order valence-corrected chi connectivity index (χ1v) is 10.2. The number of carbonyl (C=O) groups is 1. The van der Waals surface area contributed by atoms with Gasteiger partial charge < -0.3 is 5.32 Å². The van der Waals surface area contributed by atoms with Gasteiger partial charge in [0.15, 0.2) is 0 Å². The van der Waals surface area contributed by atoms with Gasteiger partial charge in [0.2, 0.25) is 5.91 Å². The van der Waals surface area contributed by atoms with E-state index < -0.39 is 0 Å². The fraction of sp³-hybridized carbons (Fsp3) is 0.480. The van der Waals surface area contributed by atoms with Crippen LogP contribution in [0.3, 0.4) is 0 Å². The van der Waals surface area contributed by atoms with E-state index in [0.717, 1.165) is 25.8 Å². The van der Waals surface area contributed by atoms with Crippen molar-refractivity contribution in [2.24, 2.45) is 0 Å². The topological polar surface area (TPSA) is 29.1 Å². The van der Waals surface area contributed by atoms with Gasteiger partial charge >= 0.3 is 0 Å². The van der Waals surface area contributed by atoms with E-state index in [0.29, 0.717) is 12.3 Å². The van der Waals surface area contributed by atoms with Crippen molar-refractivity contribution in [3.8, 4) is 0 Å². The average molecular weight is 366 g/mol. The fourth-order valence-electron chi connectivity index (χ4n) is 3.11. The van der Waals surface area contributed by atoms with Crippen molar-refractivity contribution in [1.82, 2.24) is 5.32 Å². The fourth-order valence-corrected chi connectivity index (χ4v) is 3.11. The predicted octanol–water partition coefficient (Wildman–Crippen LogP) is 5.79. The Morgan fingerprint density at radius 1 is 0.889 bits per heavy atom. The highest BCUT2D eigenvalue weighted by Crippen LogP contribution is 2.22. The lowest BCUT2D eigenvalue weighted by molar-refractivity contribution is -0.121. The molecular weight excluding hydrogens is 330 g/mol. The van der Waals surface area contributed by atoms with Crippen molar-refractivity contribution in [3.05, 3.63) is 70.8 Å². The third kappa shape index (κ3) is 7.21. The number of amides is 1. The second-order valence-corrected chi connectivity index (χ2v) is 8.80. The molecule has 0 spiro atoms. The summed E-state index contributed by atoms with van der Waals surface area (Å²) in [7, 11) is 0. The van der Waals surface area contributed by atoms with Gasteiger partial charge in [-0.05, 0) is 52.8 Å². The van der Waals surface area contributed by atoms with E-state index in [1.54, 1.807) is 0 Å². The number of carbonyl (C=O) groups excluding carboxylic acids is 1. The van der Waals surface area contributed by atoms with E-state index in [-0.39, 0.29) is 11.3 Å². The maximum absolute atomic E-state index is 12.1. The molecule has 0 aliphatic carbocycles. The average Bonchev–Trinajstić information content (AvgIpc) is 2.63. The van der Waals surface area contributed by atoms with E-state index in [1.165, 1.54) is 22.3 Å². The second kappa shape index (κ2) is 9.73. The first-order valence-electron chi connectivity index (χ1n) is 10.2. The zero-order chi connectivity index (χ0) is 19.9. The van der Waals surface area contributed by atoms with Crippen molar-refractivity contribution in [1.29, 1.82) is 0 Å². The Balaban J connectivity index is 1.66. The molecule has 1 N–H and O–H groups in total. The predicted molar refractivity (Wildman–Crippen MR) is 115 cm³/mol. The van der Waals surface area contributed by atoms with Crippen molar-refractivity contribution in [2.75, 3.05) is 6.54 Å². The second-order valence-electron chi connectivity index (χ2n) is 8.80. The van der Waals surface area contributed by atoms with Crippen LogP contribution in [-0.4, -0.2) is 12.5 Å². The Bertz CT molecular complexity index is 705. The molecule has 0 aliphatic rings. The molecule has 146 valence electrons. The van der Waals surface area contributed by atoms with Gasteiger partial charge in [-0.2, -0.15) is 0 Å². The Morgan fingerprint density at radius 3 is 2.00 bits per heavy atom. The van der Waals surface area contributed by atoms with E-state index in [4.69, 9.17) is 0 Å². The third-order valence-corrected chi connectivity index (χ3v) is 5.07. The molecule has 0 saturated heterocycles.